The first-order valence-electron chi connectivity index (χ1n) is 6.04. The first-order valence-corrected chi connectivity index (χ1v) is 6.42. The molecule has 1 aliphatic rings. The van der Waals surface area contributed by atoms with E-state index in [4.69, 9.17) is 21.5 Å². The Morgan fingerprint density at radius 3 is 2.75 bits per heavy atom. The minimum absolute atomic E-state index is 0.0737. The van der Waals surface area contributed by atoms with E-state index >= 15 is 0 Å². The Labute approximate surface area is 120 Å². The van der Waals surface area contributed by atoms with Gasteiger partial charge in [-0.2, -0.15) is 0 Å². The van der Waals surface area contributed by atoms with Crippen molar-refractivity contribution in [2.24, 2.45) is 5.16 Å². The molecule has 0 fully saturated rings. The number of aliphatic carboxylic acids is 1. The van der Waals surface area contributed by atoms with E-state index in [0.717, 1.165) is 5.56 Å². The number of nitrogens with one attached hydrogen (secondary N) is 1. The smallest absolute Gasteiger partial charge is 0.305 e. The summed E-state index contributed by atoms with van der Waals surface area (Å²) in [5.41, 5.74) is 1.51. The molecule has 2 N–H and O–H groups in total. The normalized spacial score (nSPS) is 17.2. The van der Waals surface area contributed by atoms with Crippen LogP contribution >= 0.6 is 11.6 Å². The summed E-state index contributed by atoms with van der Waals surface area (Å²) in [5, 5.41) is 15.5. The summed E-state index contributed by atoms with van der Waals surface area (Å²) in [5.74, 6) is -1.32. The van der Waals surface area contributed by atoms with Crippen LogP contribution in [0.4, 0.5) is 0 Å². The van der Waals surface area contributed by atoms with Crippen LogP contribution in [-0.4, -0.2) is 35.3 Å². The van der Waals surface area contributed by atoms with E-state index in [1.165, 1.54) is 0 Å². The van der Waals surface area contributed by atoms with E-state index in [1.54, 1.807) is 24.3 Å². The molecule has 0 unspecified atom stereocenters. The fourth-order valence-corrected chi connectivity index (χ4v) is 1.86. The van der Waals surface area contributed by atoms with Gasteiger partial charge in [0.25, 0.3) is 5.91 Å². The van der Waals surface area contributed by atoms with Crippen molar-refractivity contribution in [2.75, 3.05) is 6.54 Å². The van der Waals surface area contributed by atoms with Crippen LogP contribution in [0.1, 0.15) is 18.4 Å². The molecule has 1 aromatic rings. The van der Waals surface area contributed by atoms with Gasteiger partial charge in [0.2, 0.25) is 6.10 Å². The highest BCUT2D eigenvalue weighted by Gasteiger charge is 2.28. The van der Waals surface area contributed by atoms with Gasteiger partial charge >= 0.3 is 5.97 Å². The van der Waals surface area contributed by atoms with Gasteiger partial charge < -0.3 is 15.3 Å². The summed E-state index contributed by atoms with van der Waals surface area (Å²) in [4.78, 5) is 27.2. The van der Waals surface area contributed by atoms with Crippen molar-refractivity contribution in [2.45, 2.75) is 18.9 Å². The van der Waals surface area contributed by atoms with Gasteiger partial charge in [-0.05, 0) is 17.7 Å². The van der Waals surface area contributed by atoms with Gasteiger partial charge in [0.1, 0.15) is 0 Å². The number of oxime groups is 1. The molecule has 0 radical (unpaired) electrons. The van der Waals surface area contributed by atoms with Gasteiger partial charge in [0.15, 0.2) is 0 Å². The lowest BCUT2D eigenvalue weighted by molar-refractivity contribution is -0.137. The van der Waals surface area contributed by atoms with Crippen LogP contribution in [0.5, 0.6) is 0 Å². The maximum atomic E-state index is 11.7. The number of carboxylic acid groups (broad SMARTS) is 1. The number of carbonyl (C=O) groups is 2. The molecule has 2 rings (SSSR count). The summed E-state index contributed by atoms with van der Waals surface area (Å²) in [6, 6.07) is 7.07. The monoisotopic (exact) mass is 296 g/mol. The number of amides is 1. The summed E-state index contributed by atoms with van der Waals surface area (Å²) >= 11 is 5.80. The molecule has 0 aliphatic carbocycles. The van der Waals surface area contributed by atoms with E-state index in [0.29, 0.717) is 17.2 Å². The Bertz CT molecular complexity index is 542. The zero-order valence-corrected chi connectivity index (χ0v) is 11.3. The number of benzene rings is 1. The van der Waals surface area contributed by atoms with Gasteiger partial charge in [0.05, 0.1) is 12.1 Å². The Hall–Kier alpha value is -2.08. The summed E-state index contributed by atoms with van der Waals surface area (Å²) in [6.07, 6.45) is -0.487. The molecule has 1 amide bonds. The average Bonchev–Trinajstić information content (AvgIpc) is 2.88. The number of hydrogen-bond acceptors (Lipinski definition) is 4. The van der Waals surface area contributed by atoms with Crippen LogP contribution in [0.15, 0.2) is 29.4 Å². The molecule has 0 saturated heterocycles. The Morgan fingerprint density at radius 1 is 1.40 bits per heavy atom. The number of carbonyl (C=O) groups excluding carboxylic acids is 1. The molecule has 6 nitrogen and oxygen atoms in total. The van der Waals surface area contributed by atoms with E-state index in [9.17, 15) is 9.59 Å². The van der Waals surface area contributed by atoms with Crippen molar-refractivity contribution in [1.29, 1.82) is 0 Å². The predicted octanol–water partition coefficient (Wildman–Crippen LogP) is 1.42. The van der Waals surface area contributed by atoms with Gasteiger partial charge in [0, 0.05) is 18.0 Å². The summed E-state index contributed by atoms with van der Waals surface area (Å²) < 4.78 is 0. The first-order chi connectivity index (χ1) is 9.56. The van der Waals surface area contributed by atoms with Crippen LogP contribution < -0.4 is 5.32 Å². The molecular formula is C13H13ClN2O4. The fourth-order valence-electron chi connectivity index (χ4n) is 1.74. The second kappa shape index (κ2) is 6.38. The van der Waals surface area contributed by atoms with Crippen molar-refractivity contribution in [3.05, 3.63) is 34.9 Å². The number of halogens is 1. The number of nitrogens with zero attached hydrogens (tertiary/aromatic N) is 1. The zero-order valence-electron chi connectivity index (χ0n) is 10.5. The van der Waals surface area contributed by atoms with Crippen LogP contribution in [0.25, 0.3) is 0 Å². The lowest BCUT2D eigenvalue weighted by Crippen LogP contribution is -2.36. The fraction of sp³-hybridized carbons (Fsp3) is 0.308. The second-order valence-corrected chi connectivity index (χ2v) is 4.71. The van der Waals surface area contributed by atoms with Crippen molar-refractivity contribution in [3.63, 3.8) is 0 Å². The van der Waals surface area contributed by atoms with Gasteiger partial charge in [-0.3, -0.25) is 9.59 Å². The highest BCUT2D eigenvalue weighted by molar-refractivity contribution is 6.30. The molecule has 1 heterocycles. The summed E-state index contributed by atoms with van der Waals surface area (Å²) in [7, 11) is 0. The average molecular weight is 297 g/mol. The number of carboxylic acids is 1. The molecule has 106 valence electrons. The molecule has 1 aliphatic heterocycles. The topological polar surface area (TPSA) is 88.0 Å². The van der Waals surface area contributed by atoms with Crippen molar-refractivity contribution in [3.8, 4) is 0 Å². The lowest BCUT2D eigenvalue weighted by Gasteiger charge is -2.08. The minimum atomic E-state index is -0.962. The molecule has 0 aromatic heterocycles. The maximum absolute atomic E-state index is 11.7. The summed E-state index contributed by atoms with van der Waals surface area (Å²) in [6.45, 7) is 0.0737. The number of hydrogen-bond donors (Lipinski definition) is 2. The quantitative estimate of drug-likeness (QED) is 0.860. The third-order valence-electron chi connectivity index (χ3n) is 2.78. The van der Waals surface area contributed by atoms with E-state index in [2.05, 4.69) is 10.5 Å². The highest BCUT2D eigenvalue weighted by Crippen LogP contribution is 2.18. The standard InChI is InChI=1S/C13H13ClN2O4/c14-9-3-1-8(2-4-9)10-7-11(20-16-10)13(19)15-6-5-12(17)18/h1-4,11H,5-7H2,(H,15,19)(H,17,18)/t11-/m1/s1. The van der Waals surface area contributed by atoms with Crippen molar-refractivity contribution < 1.29 is 19.5 Å². The third-order valence-corrected chi connectivity index (χ3v) is 3.03. The van der Waals surface area contributed by atoms with Crippen LogP contribution in [0.3, 0.4) is 0 Å². The lowest BCUT2D eigenvalue weighted by atomic mass is 10.0. The van der Waals surface area contributed by atoms with E-state index in [-0.39, 0.29) is 18.9 Å². The van der Waals surface area contributed by atoms with Crippen LogP contribution in [0.2, 0.25) is 5.02 Å². The molecule has 7 heteroatoms. The number of rotatable bonds is 5. The van der Waals surface area contributed by atoms with Gasteiger partial charge in [-0.25, -0.2) is 0 Å². The van der Waals surface area contributed by atoms with E-state index < -0.39 is 12.1 Å². The first kappa shape index (κ1) is 14.3. The molecule has 1 atom stereocenters. The predicted molar refractivity (Wildman–Crippen MR) is 72.7 cm³/mol. The van der Waals surface area contributed by atoms with Crippen molar-refractivity contribution >= 4 is 29.2 Å². The largest absolute Gasteiger partial charge is 0.481 e. The maximum Gasteiger partial charge on any atom is 0.305 e. The van der Waals surface area contributed by atoms with Gasteiger partial charge in [-0.1, -0.05) is 28.9 Å². The molecular weight excluding hydrogens is 284 g/mol. The van der Waals surface area contributed by atoms with Crippen LogP contribution in [0, 0.1) is 0 Å². The molecule has 0 saturated carbocycles. The van der Waals surface area contributed by atoms with Crippen LogP contribution in [-0.2, 0) is 14.4 Å². The second-order valence-electron chi connectivity index (χ2n) is 4.28. The molecule has 20 heavy (non-hydrogen) atoms. The Morgan fingerprint density at radius 2 is 2.10 bits per heavy atom. The zero-order chi connectivity index (χ0) is 14.5. The minimum Gasteiger partial charge on any atom is -0.481 e. The molecule has 1 aromatic carbocycles. The van der Waals surface area contributed by atoms with Gasteiger partial charge in [-0.15, -0.1) is 0 Å². The van der Waals surface area contributed by atoms with Crippen molar-refractivity contribution in [1.82, 2.24) is 5.32 Å². The highest BCUT2D eigenvalue weighted by atomic mass is 35.5. The Kier molecular flexibility index (Phi) is 4.57. The molecule has 0 bridgehead atoms. The molecule has 0 spiro atoms. The Balaban J connectivity index is 1.86. The van der Waals surface area contributed by atoms with E-state index in [1.807, 2.05) is 0 Å². The SMILES string of the molecule is O=C(O)CCNC(=O)[C@H]1CC(c2ccc(Cl)cc2)=NO1. The third kappa shape index (κ3) is 3.71.